The van der Waals surface area contributed by atoms with E-state index in [2.05, 4.69) is 5.32 Å². The Morgan fingerprint density at radius 1 is 0.970 bits per heavy atom. The second-order valence-electron chi connectivity index (χ2n) is 7.62. The molecule has 0 saturated carbocycles. The molecule has 0 heterocycles. The van der Waals surface area contributed by atoms with Crippen molar-refractivity contribution in [1.29, 1.82) is 0 Å². The molecule has 0 unspecified atom stereocenters. The first-order valence-electron chi connectivity index (χ1n) is 10.3. The van der Waals surface area contributed by atoms with Crippen LogP contribution in [0.15, 0.2) is 41.4 Å². The number of methoxy groups -OCH3 is 3. The minimum atomic E-state index is -0.0298. The van der Waals surface area contributed by atoms with E-state index in [9.17, 15) is 4.79 Å². The second kappa shape index (κ2) is 13.8. The van der Waals surface area contributed by atoms with Gasteiger partial charge in [0.15, 0.2) is 17.5 Å². The van der Waals surface area contributed by atoms with Gasteiger partial charge in [0, 0.05) is 27.7 Å². The molecular formula is C24H35IN4O4. The number of aliphatic imine (C=N–C) groups is 1. The number of benzene rings is 2. The van der Waals surface area contributed by atoms with Crippen molar-refractivity contribution >= 4 is 35.8 Å². The van der Waals surface area contributed by atoms with Crippen LogP contribution in [0.3, 0.4) is 0 Å². The molecule has 9 heteroatoms. The fraction of sp³-hybridized carbons (Fsp3) is 0.417. The first kappa shape index (κ1) is 28.3. The lowest BCUT2D eigenvalue weighted by molar-refractivity contribution is -0.127. The van der Waals surface area contributed by atoms with Crippen molar-refractivity contribution in [2.45, 2.75) is 20.0 Å². The highest BCUT2D eigenvalue weighted by atomic mass is 127. The zero-order valence-corrected chi connectivity index (χ0v) is 22.8. The Labute approximate surface area is 213 Å². The number of nitrogens with zero attached hydrogens (tertiary/aromatic N) is 3. The summed E-state index contributed by atoms with van der Waals surface area (Å²) in [6, 6.07) is 11.7. The third-order valence-corrected chi connectivity index (χ3v) is 5.08. The van der Waals surface area contributed by atoms with Gasteiger partial charge in [-0.2, -0.15) is 0 Å². The van der Waals surface area contributed by atoms with Crippen LogP contribution < -0.4 is 19.5 Å². The van der Waals surface area contributed by atoms with Gasteiger partial charge in [-0.25, -0.2) is 4.99 Å². The van der Waals surface area contributed by atoms with Gasteiger partial charge in [-0.05, 0) is 47.9 Å². The molecule has 8 nitrogen and oxygen atoms in total. The highest BCUT2D eigenvalue weighted by Gasteiger charge is 2.14. The van der Waals surface area contributed by atoms with Gasteiger partial charge in [0.05, 0.1) is 34.4 Å². The molecule has 1 N–H and O–H groups in total. The molecule has 0 atom stereocenters. The van der Waals surface area contributed by atoms with Crippen molar-refractivity contribution in [1.82, 2.24) is 15.1 Å². The number of halogens is 1. The van der Waals surface area contributed by atoms with Gasteiger partial charge in [-0.3, -0.25) is 4.79 Å². The van der Waals surface area contributed by atoms with E-state index >= 15 is 0 Å². The monoisotopic (exact) mass is 570 g/mol. The van der Waals surface area contributed by atoms with Crippen molar-refractivity contribution in [3.63, 3.8) is 0 Å². The Bertz CT molecular complexity index is 933. The van der Waals surface area contributed by atoms with Gasteiger partial charge in [0.2, 0.25) is 5.91 Å². The Morgan fingerprint density at radius 3 is 2.12 bits per heavy atom. The zero-order valence-electron chi connectivity index (χ0n) is 20.5. The van der Waals surface area contributed by atoms with Crippen LogP contribution in [-0.2, 0) is 17.9 Å². The molecule has 0 aromatic heterocycles. The summed E-state index contributed by atoms with van der Waals surface area (Å²) in [7, 11) is 10.3. The number of carbonyl (C=O) groups is 1. The van der Waals surface area contributed by atoms with E-state index in [4.69, 9.17) is 19.2 Å². The number of hydrogen-bond donors (Lipinski definition) is 1. The molecule has 2 aromatic rings. The average molecular weight is 570 g/mol. The number of aryl methyl sites for hydroxylation is 1. The van der Waals surface area contributed by atoms with Gasteiger partial charge >= 0.3 is 0 Å². The van der Waals surface area contributed by atoms with Gasteiger partial charge in [0.1, 0.15) is 5.75 Å². The van der Waals surface area contributed by atoms with Crippen molar-refractivity contribution in [2.24, 2.45) is 4.99 Å². The molecule has 0 aliphatic heterocycles. The predicted molar refractivity (Wildman–Crippen MR) is 142 cm³/mol. The summed E-state index contributed by atoms with van der Waals surface area (Å²) in [6.45, 7) is 3.24. The van der Waals surface area contributed by atoms with E-state index in [0.717, 1.165) is 22.4 Å². The smallest absolute Gasteiger partial charge is 0.241 e. The maximum absolute atomic E-state index is 12.1. The maximum atomic E-state index is 12.1. The maximum Gasteiger partial charge on any atom is 0.241 e. The summed E-state index contributed by atoms with van der Waals surface area (Å²) in [5.41, 5.74) is 3.19. The van der Waals surface area contributed by atoms with Crippen LogP contribution in [0.4, 0.5) is 0 Å². The third-order valence-electron chi connectivity index (χ3n) is 5.08. The van der Waals surface area contributed by atoms with Crippen LogP contribution in [-0.4, -0.2) is 70.7 Å². The van der Waals surface area contributed by atoms with E-state index in [1.54, 1.807) is 40.3 Å². The number of ether oxygens (including phenoxy) is 3. The molecule has 182 valence electrons. The van der Waals surface area contributed by atoms with Gasteiger partial charge in [-0.1, -0.05) is 12.1 Å². The molecule has 0 bridgehead atoms. The summed E-state index contributed by atoms with van der Waals surface area (Å²) < 4.78 is 16.1. The zero-order chi connectivity index (χ0) is 23.7. The van der Waals surface area contributed by atoms with E-state index in [0.29, 0.717) is 30.5 Å². The lowest BCUT2D eigenvalue weighted by atomic mass is 10.1. The summed E-state index contributed by atoms with van der Waals surface area (Å²) in [5, 5.41) is 3.19. The number of carbonyl (C=O) groups excluding carboxylic acids is 1. The highest BCUT2D eigenvalue weighted by molar-refractivity contribution is 14.0. The molecule has 1 amide bonds. The van der Waals surface area contributed by atoms with Gasteiger partial charge < -0.3 is 29.3 Å². The predicted octanol–water partition coefficient (Wildman–Crippen LogP) is 3.30. The largest absolute Gasteiger partial charge is 0.497 e. The van der Waals surface area contributed by atoms with E-state index in [1.807, 2.05) is 55.3 Å². The first-order valence-corrected chi connectivity index (χ1v) is 10.3. The summed E-state index contributed by atoms with van der Waals surface area (Å²) >= 11 is 0. The van der Waals surface area contributed by atoms with Crippen molar-refractivity contribution in [2.75, 3.05) is 49.0 Å². The molecule has 0 aliphatic rings. The fourth-order valence-electron chi connectivity index (χ4n) is 3.04. The Kier molecular flexibility index (Phi) is 11.8. The molecule has 0 radical (unpaired) electrons. The SMILES string of the molecule is COc1ccc(CN=C(NCC(=O)N(C)C)N(C)Cc2cc(OC)c(OC)cc2C)cc1.I. The minimum Gasteiger partial charge on any atom is -0.497 e. The van der Waals surface area contributed by atoms with E-state index < -0.39 is 0 Å². The summed E-state index contributed by atoms with van der Waals surface area (Å²) in [5.74, 6) is 2.77. The Balaban J connectivity index is 0.00000544. The number of amides is 1. The molecule has 0 spiro atoms. The first-order chi connectivity index (χ1) is 15.3. The number of hydrogen-bond acceptors (Lipinski definition) is 5. The van der Waals surface area contributed by atoms with Gasteiger partial charge in [-0.15, -0.1) is 24.0 Å². The number of guanidine groups is 1. The fourth-order valence-corrected chi connectivity index (χ4v) is 3.04. The molecule has 0 saturated heterocycles. The van der Waals surface area contributed by atoms with Crippen LogP contribution in [0.5, 0.6) is 17.2 Å². The van der Waals surface area contributed by atoms with Crippen LogP contribution in [0, 0.1) is 6.92 Å². The van der Waals surface area contributed by atoms with Crippen molar-refractivity contribution in [3.8, 4) is 17.2 Å². The lowest BCUT2D eigenvalue weighted by Crippen LogP contribution is -2.43. The molecule has 0 aliphatic carbocycles. The van der Waals surface area contributed by atoms with E-state index in [-0.39, 0.29) is 36.4 Å². The van der Waals surface area contributed by atoms with Crippen LogP contribution in [0.2, 0.25) is 0 Å². The number of rotatable bonds is 9. The highest BCUT2D eigenvalue weighted by Crippen LogP contribution is 2.30. The molecule has 2 rings (SSSR count). The van der Waals surface area contributed by atoms with Gasteiger partial charge in [0.25, 0.3) is 0 Å². The average Bonchev–Trinajstić information content (AvgIpc) is 2.79. The van der Waals surface area contributed by atoms with Crippen molar-refractivity contribution in [3.05, 3.63) is 53.1 Å². The van der Waals surface area contributed by atoms with Crippen LogP contribution in [0.1, 0.15) is 16.7 Å². The Morgan fingerprint density at radius 2 is 1.58 bits per heavy atom. The summed E-state index contributed by atoms with van der Waals surface area (Å²) in [6.07, 6.45) is 0. The summed E-state index contributed by atoms with van der Waals surface area (Å²) in [4.78, 5) is 20.4. The van der Waals surface area contributed by atoms with Crippen LogP contribution >= 0.6 is 24.0 Å². The molecular weight excluding hydrogens is 535 g/mol. The Hall–Kier alpha value is -2.69. The number of nitrogens with one attached hydrogen (secondary N) is 1. The quantitative estimate of drug-likeness (QED) is 0.284. The standard InChI is InChI=1S/C24H34N4O4.HI/c1-17-12-21(31-6)22(32-7)13-19(17)16-28(4)24(26-15-23(29)27(2)3)25-14-18-8-10-20(30-5)11-9-18;/h8-13H,14-16H2,1-7H3,(H,25,26);1H. The lowest BCUT2D eigenvalue weighted by Gasteiger charge is -2.24. The van der Waals surface area contributed by atoms with Crippen LogP contribution in [0.25, 0.3) is 0 Å². The van der Waals surface area contributed by atoms with Crippen molar-refractivity contribution < 1.29 is 19.0 Å². The minimum absolute atomic E-state index is 0. The second-order valence-corrected chi connectivity index (χ2v) is 7.62. The molecule has 33 heavy (non-hydrogen) atoms. The molecule has 0 fully saturated rings. The number of likely N-dealkylation sites (N-methyl/N-ethyl adjacent to an activating group) is 1. The normalized spacial score (nSPS) is 10.7. The van der Waals surface area contributed by atoms with E-state index in [1.165, 1.54) is 0 Å². The third kappa shape index (κ3) is 8.30. The topological polar surface area (TPSA) is 75.6 Å². The molecule has 2 aromatic carbocycles.